The van der Waals surface area contributed by atoms with Gasteiger partial charge in [0.1, 0.15) is 0 Å². The van der Waals surface area contributed by atoms with E-state index >= 15 is 0 Å². The molecule has 1 fully saturated rings. The second-order valence-corrected chi connectivity index (χ2v) is 9.72. The number of para-hydroxylation sites is 1. The molecule has 178 valence electrons. The van der Waals surface area contributed by atoms with E-state index in [9.17, 15) is 0 Å². The third-order valence-electron chi connectivity index (χ3n) is 7.11. The van der Waals surface area contributed by atoms with Crippen molar-refractivity contribution in [3.63, 3.8) is 0 Å². The molecule has 2 aromatic heterocycles. The molecule has 0 unspecified atom stereocenters. The fourth-order valence-corrected chi connectivity index (χ4v) is 5.76. The number of hydrogen-bond acceptors (Lipinski definition) is 2. The van der Waals surface area contributed by atoms with E-state index in [0.29, 0.717) is 0 Å². The van der Waals surface area contributed by atoms with E-state index in [1.165, 1.54) is 39.3 Å². The quantitative estimate of drug-likeness (QED) is 0.318. The summed E-state index contributed by atoms with van der Waals surface area (Å²) in [4.78, 5) is 7.04. The van der Waals surface area contributed by atoms with Gasteiger partial charge >= 0.3 is 0 Å². The van der Waals surface area contributed by atoms with Gasteiger partial charge in [-0.15, -0.1) is 0 Å². The number of rotatable bonds is 6. The van der Waals surface area contributed by atoms with Crippen molar-refractivity contribution in [3.05, 3.63) is 118 Å². The molecule has 1 aliphatic heterocycles. The highest BCUT2D eigenvalue weighted by molar-refractivity contribution is 7.80. The first-order valence-corrected chi connectivity index (χ1v) is 12.7. The second-order valence-electron chi connectivity index (χ2n) is 9.34. The minimum atomic E-state index is -0.0242. The van der Waals surface area contributed by atoms with Gasteiger partial charge in [0.2, 0.25) is 0 Å². The molecule has 2 atom stereocenters. The smallest absolute Gasteiger partial charge is 0.170 e. The van der Waals surface area contributed by atoms with Crippen molar-refractivity contribution in [2.75, 3.05) is 0 Å². The Hall–Kier alpha value is -3.44. The molecule has 4 aromatic rings. The molecule has 2 aromatic carbocycles. The molecule has 1 N–H and O–H groups in total. The van der Waals surface area contributed by atoms with Crippen molar-refractivity contribution in [2.45, 2.75) is 52.7 Å². The lowest BCUT2D eigenvalue weighted by molar-refractivity contribution is 0.310. The van der Waals surface area contributed by atoms with Gasteiger partial charge in [-0.2, -0.15) is 0 Å². The average Bonchev–Trinajstić information content (AvgIpc) is 3.35. The summed E-state index contributed by atoms with van der Waals surface area (Å²) in [5.41, 5.74) is 9.97. The lowest BCUT2D eigenvalue weighted by Gasteiger charge is -2.28. The van der Waals surface area contributed by atoms with Crippen LogP contribution in [0.4, 0.5) is 0 Å². The number of hydrogen-bond donors (Lipinski definition) is 1. The van der Waals surface area contributed by atoms with Crippen molar-refractivity contribution >= 4 is 17.3 Å². The molecule has 0 spiro atoms. The number of nitrogens with zero attached hydrogens (tertiary/aromatic N) is 3. The van der Waals surface area contributed by atoms with Gasteiger partial charge in [0.05, 0.1) is 23.5 Å². The van der Waals surface area contributed by atoms with Gasteiger partial charge in [-0.25, -0.2) is 0 Å². The van der Waals surface area contributed by atoms with Gasteiger partial charge in [-0.05, 0) is 79.9 Å². The van der Waals surface area contributed by atoms with Crippen LogP contribution in [0.25, 0.3) is 5.69 Å². The van der Waals surface area contributed by atoms with Gasteiger partial charge in [-0.1, -0.05) is 61.5 Å². The lowest BCUT2D eigenvalue weighted by atomic mass is 9.96. The second kappa shape index (κ2) is 9.67. The Morgan fingerprint density at radius 2 is 1.71 bits per heavy atom. The van der Waals surface area contributed by atoms with Crippen LogP contribution in [0, 0.1) is 20.8 Å². The summed E-state index contributed by atoms with van der Waals surface area (Å²) < 4.78 is 2.43. The molecule has 5 heteroatoms. The Morgan fingerprint density at radius 3 is 2.43 bits per heavy atom. The molecule has 0 saturated carbocycles. The normalized spacial score (nSPS) is 17.6. The van der Waals surface area contributed by atoms with Crippen LogP contribution in [0.15, 0.2) is 79.0 Å². The van der Waals surface area contributed by atoms with Gasteiger partial charge in [0.25, 0.3) is 0 Å². The number of pyridine rings is 1. The molecule has 4 nitrogen and oxygen atoms in total. The van der Waals surface area contributed by atoms with E-state index in [1.54, 1.807) is 0 Å². The molecule has 35 heavy (non-hydrogen) atoms. The maximum atomic E-state index is 5.91. The summed E-state index contributed by atoms with van der Waals surface area (Å²) in [5, 5.41) is 4.37. The van der Waals surface area contributed by atoms with Crippen LogP contribution in [0.3, 0.4) is 0 Å². The summed E-state index contributed by atoms with van der Waals surface area (Å²) in [6, 6.07) is 25.6. The van der Waals surface area contributed by atoms with Gasteiger partial charge < -0.3 is 14.8 Å². The zero-order chi connectivity index (χ0) is 24.5. The van der Waals surface area contributed by atoms with Crippen molar-refractivity contribution in [1.29, 1.82) is 0 Å². The summed E-state index contributed by atoms with van der Waals surface area (Å²) in [7, 11) is 0. The fourth-order valence-electron chi connectivity index (χ4n) is 5.45. The summed E-state index contributed by atoms with van der Waals surface area (Å²) in [5.74, 6) is 0. The van der Waals surface area contributed by atoms with Gasteiger partial charge in [0, 0.05) is 24.1 Å². The molecule has 3 heterocycles. The molecule has 1 aliphatic rings. The third-order valence-corrected chi connectivity index (χ3v) is 7.46. The first kappa shape index (κ1) is 23.3. The Morgan fingerprint density at radius 1 is 0.943 bits per heavy atom. The fraction of sp³-hybridized carbons (Fsp3) is 0.267. The average molecular weight is 481 g/mol. The maximum Gasteiger partial charge on any atom is 0.170 e. The van der Waals surface area contributed by atoms with Crippen molar-refractivity contribution in [3.8, 4) is 5.69 Å². The molecule has 1 saturated heterocycles. The van der Waals surface area contributed by atoms with Gasteiger partial charge in [0.15, 0.2) is 5.11 Å². The minimum absolute atomic E-state index is 0.0242. The Labute approximate surface area is 213 Å². The molecule has 0 aliphatic carbocycles. The van der Waals surface area contributed by atoms with Crippen molar-refractivity contribution in [2.24, 2.45) is 0 Å². The highest BCUT2D eigenvalue weighted by atomic mass is 32.1. The Balaban J connectivity index is 1.66. The van der Waals surface area contributed by atoms with Crippen LogP contribution in [0.1, 0.15) is 58.3 Å². The predicted molar refractivity (Wildman–Crippen MR) is 147 cm³/mol. The molecular formula is C30H32N4S. The highest BCUT2D eigenvalue weighted by Crippen LogP contribution is 2.42. The zero-order valence-corrected chi connectivity index (χ0v) is 21.6. The van der Waals surface area contributed by atoms with E-state index in [-0.39, 0.29) is 12.1 Å². The van der Waals surface area contributed by atoms with Crippen LogP contribution >= 0.6 is 12.2 Å². The number of aryl methyl sites for hydroxylation is 3. The highest BCUT2D eigenvalue weighted by Gasteiger charge is 2.41. The van der Waals surface area contributed by atoms with E-state index in [2.05, 4.69) is 103 Å². The first-order chi connectivity index (χ1) is 17.0. The summed E-state index contributed by atoms with van der Waals surface area (Å²) >= 11 is 5.91. The van der Waals surface area contributed by atoms with E-state index in [0.717, 1.165) is 23.8 Å². The first-order valence-electron chi connectivity index (χ1n) is 12.3. The minimum Gasteiger partial charge on any atom is -0.352 e. The SMILES string of the molecule is CCc1cccc(C)c1-n1c(C)cc([C@@H]2[C@@H](c3ccccn3)NC(=S)N2Cc2ccccc2)c1C. The Kier molecular flexibility index (Phi) is 6.44. The number of aromatic nitrogens is 2. The largest absolute Gasteiger partial charge is 0.352 e. The van der Waals surface area contributed by atoms with Crippen molar-refractivity contribution in [1.82, 2.24) is 19.8 Å². The van der Waals surface area contributed by atoms with Crippen molar-refractivity contribution < 1.29 is 0 Å². The van der Waals surface area contributed by atoms with E-state index in [1.807, 2.05) is 18.3 Å². The molecule has 0 bridgehead atoms. The monoisotopic (exact) mass is 480 g/mol. The Bertz CT molecular complexity index is 1340. The topological polar surface area (TPSA) is 33.1 Å². The molecule has 5 rings (SSSR count). The summed E-state index contributed by atoms with van der Waals surface area (Å²) in [6.07, 6.45) is 2.86. The van der Waals surface area contributed by atoms with E-state index < -0.39 is 0 Å². The van der Waals surface area contributed by atoms with Crippen LogP contribution < -0.4 is 5.32 Å². The third kappa shape index (κ3) is 4.25. The van der Waals surface area contributed by atoms with Gasteiger partial charge in [-0.3, -0.25) is 4.98 Å². The van der Waals surface area contributed by atoms with Crippen LogP contribution in [-0.2, 0) is 13.0 Å². The predicted octanol–water partition coefficient (Wildman–Crippen LogP) is 6.53. The lowest BCUT2D eigenvalue weighted by Crippen LogP contribution is -2.29. The van der Waals surface area contributed by atoms with E-state index in [4.69, 9.17) is 17.2 Å². The summed E-state index contributed by atoms with van der Waals surface area (Å²) in [6.45, 7) is 9.63. The molecular weight excluding hydrogens is 448 g/mol. The van der Waals surface area contributed by atoms with Crippen LogP contribution in [0.5, 0.6) is 0 Å². The number of nitrogens with one attached hydrogen (secondary N) is 1. The maximum absolute atomic E-state index is 5.91. The molecule has 0 radical (unpaired) electrons. The molecule has 0 amide bonds. The standard InChI is InChI=1S/C30H32N4S/c1-5-24-15-11-12-20(2)28(24)34-21(3)18-25(22(34)4)29-27(26-16-9-10-17-31-26)32-30(35)33(29)19-23-13-7-6-8-14-23/h6-18,27,29H,5,19H2,1-4H3,(H,32,35)/t27-,29-/m1/s1. The van der Waals surface area contributed by atoms with Crippen LogP contribution in [-0.4, -0.2) is 19.6 Å². The van der Waals surface area contributed by atoms with Crippen LogP contribution in [0.2, 0.25) is 0 Å². The zero-order valence-electron chi connectivity index (χ0n) is 20.8. The number of benzene rings is 2. The number of thiocarbonyl (C=S) groups is 1.